The number of aliphatic carboxylic acids is 1. The molecule has 0 amide bonds. The highest BCUT2D eigenvalue weighted by atomic mass is 16.5. The molecule has 0 aromatic heterocycles. The highest BCUT2D eigenvalue weighted by Crippen LogP contribution is 2.07. The summed E-state index contributed by atoms with van der Waals surface area (Å²) in [5, 5.41) is 11.6. The van der Waals surface area contributed by atoms with Crippen molar-refractivity contribution in [2.75, 3.05) is 19.7 Å². The Balaban J connectivity index is 2.01. The summed E-state index contributed by atoms with van der Waals surface area (Å²) in [5.74, 6) is -2.08. The van der Waals surface area contributed by atoms with Crippen molar-refractivity contribution in [2.45, 2.75) is 31.8 Å². The molecule has 1 rings (SSSR count). The Morgan fingerprint density at radius 3 is 2.60 bits per heavy atom. The van der Waals surface area contributed by atoms with E-state index in [4.69, 9.17) is 9.84 Å². The molecular weight excluding hydrogens is 198 g/mol. The Bertz CT molecular complexity index is 223. The third kappa shape index (κ3) is 4.90. The van der Waals surface area contributed by atoms with Crippen LogP contribution in [0.25, 0.3) is 0 Å². The quantitative estimate of drug-likeness (QED) is 0.488. The maximum Gasteiger partial charge on any atom is 0.372 e. The summed E-state index contributed by atoms with van der Waals surface area (Å²) in [6.07, 6.45) is 2.82. The number of rotatable bonds is 6. The minimum atomic E-state index is -1.35. The zero-order valence-electron chi connectivity index (χ0n) is 8.70. The summed E-state index contributed by atoms with van der Waals surface area (Å²) in [6.45, 7) is 2.42. The van der Waals surface area contributed by atoms with E-state index in [2.05, 4.69) is 5.32 Å². The van der Waals surface area contributed by atoms with Gasteiger partial charge in [0.25, 0.3) is 0 Å². The zero-order valence-corrected chi connectivity index (χ0v) is 8.70. The Morgan fingerprint density at radius 1 is 1.33 bits per heavy atom. The van der Waals surface area contributed by atoms with E-state index in [0.29, 0.717) is 13.0 Å². The molecule has 0 unspecified atom stereocenters. The Kier molecular flexibility index (Phi) is 5.28. The van der Waals surface area contributed by atoms with Crippen molar-refractivity contribution < 1.29 is 19.4 Å². The predicted octanol–water partition coefficient (Wildman–Crippen LogP) is 0.189. The van der Waals surface area contributed by atoms with Gasteiger partial charge >= 0.3 is 5.97 Å². The van der Waals surface area contributed by atoms with E-state index in [1.54, 1.807) is 0 Å². The summed E-state index contributed by atoms with van der Waals surface area (Å²) in [5.41, 5.74) is 0. The SMILES string of the molecule is O=C(O)C(=O)CCCOC1CCNCC1. The molecule has 86 valence electrons. The van der Waals surface area contributed by atoms with Gasteiger partial charge in [-0.25, -0.2) is 4.79 Å². The molecule has 0 spiro atoms. The summed E-state index contributed by atoms with van der Waals surface area (Å²) in [4.78, 5) is 20.9. The number of carbonyl (C=O) groups is 2. The lowest BCUT2D eigenvalue weighted by molar-refractivity contribution is -0.149. The van der Waals surface area contributed by atoms with Crippen molar-refractivity contribution in [3.63, 3.8) is 0 Å². The van der Waals surface area contributed by atoms with Gasteiger partial charge in [0, 0.05) is 13.0 Å². The van der Waals surface area contributed by atoms with Crippen LogP contribution in [0.15, 0.2) is 0 Å². The summed E-state index contributed by atoms with van der Waals surface area (Å²) < 4.78 is 5.53. The van der Waals surface area contributed by atoms with Crippen molar-refractivity contribution in [3.05, 3.63) is 0 Å². The Hall–Kier alpha value is -0.940. The zero-order chi connectivity index (χ0) is 11.1. The van der Waals surface area contributed by atoms with E-state index in [-0.39, 0.29) is 12.5 Å². The van der Waals surface area contributed by atoms with Crippen LogP contribution in [-0.2, 0) is 14.3 Å². The molecule has 2 N–H and O–H groups in total. The largest absolute Gasteiger partial charge is 0.476 e. The average Bonchev–Trinajstić information content (AvgIpc) is 2.25. The first-order chi connectivity index (χ1) is 7.20. The fraction of sp³-hybridized carbons (Fsp3) is 0.800. The molecule has 1 heterocycles. The van der Waals surface area contributed by atoms with E-state index in [1.807, 2.05) is 0 Å². The topological polar surface area (TPSA) is 75.6 Å². The van der Waals surface area contributed by atoms with Crippen LogP contribution in [-0.4, -0.2) is 42.7 Å². The first-order valence-corrected chi connectivity index (χ1v) is 5.28. The average molecular weight is 215 g/mol. The van der Waals surface area contributed by atoms with Crippen LogP contribution in [0.2, 0.25) is 0 Å². The molecule has 5 heteroatoms. The minimum absolute atomic E-state index is 0.0697. The highest BCUT2D eigenvalue weighted by Gasteiger charge is 2.14. The molecule has 0 saturated carbocycles. The molecule has 5 nitrogen and oxygen atoms in total. The molecule has 0 aromatic rings. The summed E-state index contributed by atoms with van der Waals surface area (Å²) in [6, 6.07) is 0. The lowest BCUT2D eigenvalue weighted by atomic mass is 10.1. The van der Waals surface area contributed by atoms with Crippen molar-refractivity contribution in [1.82, 2.24) is 5.32 Å². The molecule has 1 fully saturated rings. The van der Waals surface area contributed by atoms with Gasteiger partial charge in [-0.05, 0) is 32.4 Å². The first kappa shape index (κ1) is 12.1. The standard InChI is InChI=1S/C10H17NO4/c12-9(10(13)14)2-1-7-15-8-3-5-11-6-4-8/h8,11H,1-7H2,(H,13,14). The molecule has 15 heavy (non-hydrogen) atoms. The van der Waals surface area contributed by atoms with Crippen LogP contribution in [0.1, 0.15) is 25.7 Å². The number of nitrogens with one attached hydrogen (secondary N) is 1. The van der Waals surface area contributed by atoms with Gasteiger partial charge in [0.1, 0.15) is 0 Å². The lowest BCUT2D eigenvalue weighted by Gasteiger charge is -2.22. The number of piperidine rings is 1. The van der Waals surface area contributed by atoms with Crippen molar-refractivity contribution in [1.29, 1.82) is 0 Å². The van der Waals surface area contributed by atoms with Crippen LogP contribution in [0.3, 0.4) is 0 Å². The van der Waals surface area contributed by atoms with Crippen LogP contribution < -0.4 is 5.32 Å². The van der Waals surface area contributed by atoms with Gasteiger partial charge in [0.2, 0.25) is 5.78 Å². The lowest BCUT2D eigenvalue weighted by Crippen LogP contribution is -2.32. The van der Waals surface area contributed by atoms with Crippen LogP contribution >= 0.6 is 0 Å². The molecule has 0 atom stereocenters. The van der Waals surface area contributed by atoms with Gasteiger partial charge in [-0.3, -0.25) is 4.79 Å². The van der Waals surface area contributed by atoms with E-state index in [0.717, 1.165) is 25.9 Å². The van der Waals surface area contributed by atoms with Crippen molar-refractivity contribution in [2.24, 2.45) is 0 Å². The second-order valence-corrected chi connectivity index (χ2v) is 3.65. The molecule has 0 aromatic carbocycles. The number of hydrogen-bond donors (Lipinski definition) is 2. The molecule has 1 saturated heterocycles. The van der Waals surface area contributed by atoms with Crippen LogP contribution in [0, 0.1) is 0 Å². The Morgan fingerprint density at radius 2 is 2.00 bits per heavy atom. The number of Topliss-reactive ketones (excluding diaryl/α,β-unsaturated/α-hetero) is 1. The third-order valence-electron chi connectivity index (χ3n) is 2.43. The van der Waals surface area contributed by atoms with Crippen molar-refractivity contribution in [3.8, 4) is 0 Å². The normalized spacial score (nSPS) is 17.6. The van der Waals surface area contributed by atoms with Gasteiger partial charge in [-0.15, -0.1) is 0 Å². The van der Waals surface area contributed by atoms with E-state index in [9.17, 15) is 9.59 Å². The van der Waals surface area contributed by atoms with Gasteiger partial charge in [0.05, 0.1) is 6.10 Å². The second kappa shape index (κ2) is 6.53. The predicted molar refractivity (Wildman–Crippen MR) is 53.7 cm³/mol. The van der Waals surface area contributed by atoms with Gasteiger partial charge in [-0.2, -0.15) is 0 Å². The summed E-state index contributed by atoms with van der Waals surface area (Å²) in [7, 11) is 0. The monoisotopic (exact) mass is 215 g/mol. The maximum atomic E-state index is 10.7. The number of ketones is 1. The van der Waals surface area contributed by atoms with E-state index >= 15 is 0 Å². The fourth-order valence-corrected chi connectivity index (χ4v) is 1.55. The molecule has 0 radical (unpaired) electrons. The molecule has 0 aliphatic carbocycles. The first-order valence-electron chi connectivity index (χ1n) is 5.28. The number of carboxylic acids is 1. The number of carbonyl (C=O) groups excluding carboxylic acids is 1. The number of ether oxygens (including phenoxy) is 1. The third-order valence-corrected chi connectivity index (χ3v) is 2.43. The fourth-order valence-electron chi connectivity index (χ4n) is 1.55. The molecule has 1 aliphatic rings. The van der Waals surface area contributed by atoms with Crippen molar-refractivity contribution >= 4 is 11.8 Å². The smallest absolute Gasteiger partial charge is 0.372 e. The van der Waals surface area contributed by atoms with E-state index in [1.165, 1.54) is 0 Å². The summed E-state index contributed by atoms with van der Waals surface area (Å²) >= 11 is 0. The minimum Gasteiger partial charge on any atom is -0.476 e. The van der Waals surface area contributed by atoms with Gasteiger partial charge < -0.3 is 15.2 Å². The molecule has 1 aliphatic heterocycles. The molecular formula is C10H17NO4. The second-order valence-electron chi connectivity index (χ2n) is 3.65. The number of carboxylic acid groups (broad SMARTS) is 1. The number of hydrogen-bond acceptors (Lipinski definition) is 4. The molecule has 0 bridgehead atoms. The van der Waals surface area contributed by atoms with Crippen LogP contribution in [0.4, 0.5) is 0 Å². The van der Waals surface area contributed by atoms with Crippen LogP contribution in [0.5, 0.6) is 0 Å². The van der Waals surface area contributed by atoms with Gasteiger partial charge in [-0.1, -0.05) is 0 Å². The van der Waals surface area contributed by atoms with E-state index < -0.39 is 11.8 Å². The highest BCUT2D eigenvalue weighted by molar-refractivity contribution is 6.32. The Labute approximate surface area is 88.8 Å². The maximum absolute atomic E-state index is 10.7. The van der Waals surface area contributed by atoms with Gasteiger partial charge in [0.15, 0.2) is 0 Å².